The molecule has 0 saturated heterocycles. The van der Waals surface area contributed by atoms with E-state index in [-0.39, 0.29) is 5.91 Å². The highest BCUT2D eigenvalue weighted by atomic mass is 79.9. The zero-order valence-electron chi connectivity index (χ0n) is 10.3. The predicted octanol–water partition coefficient (Wildman–Crippen LogP) is 3.98. The number of hydrogen-bond donors (Lipinski definition) is 0. The molecule has 100 valence electrons. The minimum absolute atomic E-state index is 0.0467. The van der Waals surface area contributed by atoms with Crippen LogP contribution in [0.2, 0.25) is 0 Å². The van der Waals surface area contributed by atoms with Gasteiger partial charge in [-0.1, -0.05) is 0 Å². The van der Waals surface area contributed by atoms with Crippen molar-refractivity contribution >= 4 is 49.1 Å². The first-order chi connectivity index (χ1) is 9.08. The number of aromatic nitrogens is 1. The molecule has 0 saturated carbocycles. The Labute approximate surface area is 132 Å². The molecule has 0 aliphatic carbocycles. The van der Waals surface area contributed by atoms with E-state index in [1.54, 1.807) is 17.3 Å². The molecule has 2 aromatic heterocycles. The van der Waals surface area contributed by atoms with E-state index in [0.717, 1.165) is 19.6 Å². The fourth-order valence-corrected chi connectivity index (χ4v) is 3.62. The molecule has 3 nitrogen and oxygen atoms in total. The zero-order chi connectivity index (χ0) is 13.8. The van der Waals surface area contributed by atoms with E-state index in [1.807, 2.05) is 25.2 Å². The summed E-state index contributed by atoms with van der Waals surface area (Å²) in [7, 11) is 1.82. The third-order valence-electron chi connectivity index (χ3n) is 2.69. The highest BCUT2D eigenvalue weighted by Gasteiger charge is 2.15. The maximum absolute atomic E-state index is 12.2. The number of amides is 1. The number of carbonyl (C=O) groups excluding carboxylic acids is 1. The van der Waals surface area contributed by atoms with E-state index in [2.05, 4.69) is 36.8 Å². The molecule has 0 radical (unpaired) electrons. The smallest absolute Gasteiger partial charge is 0.263 e. The average molecular weight is 404 g/mol. The molecule has 2 rings (SSSR count). The van der Waals surface area contributed by atoms with Crippen molar-refractivity contribution in [3.63, 3.8) is 0 Å². The molecular formula is C13H12Br2N2OS. The summed E-state index contributed by atoms with van der Waals surface area (Å²) in [5.74, 6) is 0.0467. The summed E-state index contributed by atoms with van der Waals surface area (Å²) in [6.45, 7) is 0.690. The molecule has 2 heterocycles. The van der Waals surface area contributed by atoms with Gasteiger partial charge in [0, 0.05) is 30.5 Å². The average Bonchev–Trinajstić information content (AvgIpc) is 2.76. The highest BCUT2D eigenvalue weighted by Crippen LogP contribution is 2.32. The first-order valence-electron chi connectivity index (χ1n) is 5.67. The maximum atomic E-state index is 12.2. The van der Waals surface area contributed by atoms with Crippen molar-refractivity contribution in [3.8, 4) is 0 Å². The maximum Gasteiger partial charge on any atom is 0.263 e. The summed E-state index contributed by atoms with van der Waals surface area (Å²) in [5.41, 5.74) is 1.18. The summed E-state index contributed by atoms with van der Waals surface area (Å²) in [4.78, 5) is 18.7. The van der Waals surface area contributed by atoms with Gasteiger partial charge < -0.3 is 4.90 Å². The molecule has 6 heteroatoms. The molecular weight excluding hydrogens is 392 g/mol. The summed E-state index contributed by atoms with van der Waals surface area (Å²) < 4.78 is 1.86. The second kappa shape index (κ2) is 6.63. The van der Waals surface area contributed by atoms with Crippen LogP contribution in [0.5, 0.6) is 0 Å². The van der Waals surface area contributed by atoms with E-state index < -0.39 is 0 Å². The number of likely N-dealkylation sites (N-methyl/N-ethyl adjacent to an activating group) is 1. The standard InChI is InChI=1S/C13H12Br2N2OS/c1-17(7-4-9-2-5-16-6-3-9)13(18)11-8-10(14)12(15)19-11/h2-3,5-6,8H,4,7H2,1H3. The van der Waals surface area contributed by atoms with Crippen LogP contribution in [-0.2, 0) is 6.42 Å². The third kappa shape index (κ3) is 3.87. The van der Waals surface area contributed by atoms with Crippen molar-refractivity contribution in [2.75, 3.05) is 13.6 Å². The topological polar surface area (TPSA) is 33.2 Å². The van der Waals surface area contributed by atoms with Gasteiger partial charge >= 0.3 is 0 Å². The van der Waals surface area contributed by atoms with Crippen molar-refractivity contribution in [3.05, 3.63) is 49.3 Å². The second-order valence-electron chi connectivity index (χ2n) is 4.06. The Morgan fingerprint density at radius 1 is 1.37 bits per heavy atom. The number of thiophene rings is 1. The van der Waals surface area contributed by atoms with Gasteiger partial charge in [0.25, 0.3) is 5.91 Å². The number of halogens is 2. The summed E-state index contributed by atoms with van der Waals surface area (Å²) in [6, 6.07) is 5.79. The Morgan fingerprint density at radius 3 is 2.63 bits per heavy atom. The summed E-state index contributed by atoms with van der Waals surface area (Å²) >= 11 is 8.24. The van der Waals surface area contributed by atoms with Gasteiger partial charge in [-0.15, -0.1) is 11.3 Å². The van der Waals surface area contributed by atoms with E-state index in [1.165, 1.54) is 16.9 Å². The van der Waals surface area contributed by atoms with Crippen LogP contribution in [0.25, 0.3) is 0 Å². The quantitative estimate of drug-likeness (QED) is 0.773. The zero-order valence-corrected chi connectivity index (χ0v) is 14.3. The normalized spacial score (nSPS) is 10.5. The van der Waals surface area contributed by atoms with Crippen LogP contribution in [-0.4, -0.2) is 29.4 Å². The molecule has 1 amide bonds. The number of carbonyl (C=O) groups is 1. The van der Waals surface area contributed by atoms with Gasteiger partial charge in [-0.2, -0.15) is 0 Å². The van der Waals surface area contributed by atoms with Crippen LogP contribution in [0.3, 0.4) is 0 Å². The number of nitrogens with zero attached hydrogens (tertiary/aromatic N) is 2. The van der Waals surface area contributed by atoms with E-state index in [4.69, 9.17) is 0 Å². The van der Waals surface area contributed by atoms with E-state index >= 15 is 0 Å². The third-order valence-corrected chi connectivity index (χ3v) is 5.93. The van der Waals surface area contributed by atoms with Gasteiger partial charge in [-0.25, -0.2) is 0 Å². The predicted molar refractivity (Wildman–Crippen MR) is 84.6 cm³/mol. The highest BCUT2D eigenvalue weighted by molar-refractivity contribution is 9.13. The minimum Gasteiger partial charge on any atom is -0.341 e. The van der Waals surface area contributed by atoms with Crippen LogP contribution >= 0.6 is 43.2 Å². The fourth-order valence-electron chi connectivity index (χ4n) is 1.59. The van der Waals surface area contributed by atoms with Crippen LogP contribution < -0.4 is 0 Å². The molecule has 0 bridgehead atoms. The monoisotopic (exact) mass is 402 g/mol. The van der Waals surface area contributed by atoms with Crippen molar-refractivity contribution in [1.82, 2.24) is 9.88 Å². The van der Waals surface area contributed by atoms with E-state index in [0.29, 0.717) is 6.54 Å². The van der Waals surface area contributed by atoms with Gasteiger partial charge in [-0.05, 0) is 62.0 Å². The molecule has 2 aromatic rings. The molecule has 0 unspecified atom stereocenters. The van der Waals surface area contributed by atoms with Crippen molar-refractivity contribution < 1.29 is 4.79 Å². The van der Waals surface area contributed by atoms with Crippen molar-refractivity contribution in [2.24, 2.45) is 0 Å². The van der Waals surface area contributed by atoms with Gasteiger partial charge in [0.1, 0.15) is 0 Å². The van der Waals surface area contributed by atoms with Crippen molar-refractivity contribution in [2.45, 2.75) is 6.42 Å². The molecule has 0 fully saturated rings. The number of rotatable bonds is 4. The van der Waals surface area contributed by atoms with Gasteiger partial charge in [0.2, 0.25) is 0 Å². The molecule has 0 aliphatic heterocycles. The Balaban J connectivity index is 1.96. The lowest BCUT2D eigenvalue weighted by atomic mass is 10.2. The lowest BCUT2D eigenvalue weighted by molar-refractivity contribution is 0.0801. The van der Waals surface area contributed by atoms with Crippen molar-refractivity contribution in [1.29, 1.82) is 0 Å². The minimum atomic E-state index is 0.0467. The SMILES string of the molecule is CN(CCc1ccncc1)C(=O)c1cc(Br)c(Br)s1. The molecule has 19 heavy (non-hydrogen) atoms. The second-order valence-corrected chi connectivity index (χ2v) is 7.29. The van der Waals surface area contributed by atoms with E-state index in [9.17, 15) is 4.79 Å². The van der Waals surface area contributed by atoms with Crippen LogP contribution in [0.15, 0.2) is 38.9 Å². The first-order valence-corrected chi connectivity index (χ1v) is 8.07. The summed E-state index contributed by atoms with van der Waals surface area (Å²) in [6.07, 6.45) is 4.37. The largest absolute Gasteiger partial charge is 0.341 e. The van der Waals surface area contributed by atoms with Gasteiger partial charge in [0.05, 0.1) is 8.66 Å². The number of hydrogen-bond acceptors (Lipinski definition) is 3. The molecule has 0 aliphatic rings. The fraction of sp³-hybridized carbons (Fsp3) is 0.231. The summed E-state index contributed by atoms with van der Waals surface area (Å²) in [5, 5.41) is 0. The van der Waals surface area contributed by atoms with Crippen LogP contribution in [0.1, 0.15) is 15.2 Å². The van der Waals surface area contributed by atoms with Gasteiger partial charge in [-0.3, -0.25) is 9.78 Å². The number of pyridine rings is 1. The van der Waals surface area contributed by atoms with Crippen LogP contribution in [0.4, 0.5) is 0 Å². The molecule has 0 spiro atoms. The first kappa shape index (κ1) is 14.7. The Kier molecular flexibility index (Phi) is 5.13. The van der Waals surface area contributed by atoms with Crippen LogP contribution in [0, 0.1) is 0 Å². The molecule has 0 aromatic carbocycles. The Hall–Kier alpha value is -0.720. The molecule has 0 atom stereocenters. The van der Waals surface area contributed by atoms with Gasteiger partial charge in [0.15, 0.2) is 0 Å². The lowest BCUT2D eigenvalue weighted by Gasteiger charge is -2.16. The Bertz CT molecular complexity index is 552. The Morgan fingerprint density at radius 2 is 2.05 bits per heavy atom. The lowest BCUT2D eigenvalue weighted by Crippen LogP contribution is -2.28. The molecule has 0 N–H and O–H groups in total.